The van der Waals surface area contributed by atoms with Crippen molar-refractivity contribution in [1.82, 2.24) is 0 Å². The molecule has 2 aromatic carbocycles. The second-order valence-corrected chi connectivity index (χ2v) is 4.64. The van der Waals surface area contributed by atoms with Gasteiger partial charge < -0.3 is 9.47 Å². The van der Waals surface area contributed by atoms with Crippen LogP contribution in [0.5, 0.6) is 17.2 Å². The highest BCUT2D eigenvalue weighted by molar-refractivity contribution is 9.08. The van der Waals surface area contributed by atoms with Crippen LogP contribution in [0.15, 0.2) is 36.4 Å². The molecule has 0 atom stereocenters. The van der Waals surface area contributed by atoms with E-state index in [2.05, 4.69) is 15.9 Å². The molecule has 0 aliphatic carbocycles. The number of methoxy groups -OCH3 is 1. The smallest absolute Gasteiger partial charge is 0.273 e. The number of halogens is 2. The molecule has 110 valence electrons. The number of nitro groups is 1. The van der Waals surface area contributed by atoms with Gasteiger partial charge in [0.25, 0.3) is 5.69 Å². The van der Waals surface area contributed by atoms with Crippen molar-refractivity contribution in [3.8, 4) is 17.2 Å². The molecule has 0 radical (unpaired) electrons. The summed E-state index contributed by atoms with van der Waals surface area (Å²) >= 11 is 3.24. The van der Waals surface area contributed by atoms with Crippen molar-refractivity contribution in [1.29, 1.82) is 0 Å². The first-order valence-electron chi connectivity index (χ1n) is 5.90. The molecular weight excluding hydrogens is 345 g/mol. The molecule has 0 bridgehead atoms. The number of benzene rings is 2. The molecule has 0 N–H and O–H groups in total. The van der Waals surface area contributed by atoms with Gasteiger partial charge in [-0.2, -0.15) is 0 Å². The third-order valence-electron chi connectivity index (χ3n) is 2.74. The minimum Gasteiger partial charge on any atom is -0.493 e. The Morgan fingerprint density at radius 3 is 2.52 bits per heavy atom. The first-order chi connectivity index (χ1) is 10.0. The van der Waals surface area contributed by atoms with Gasteiger partial charge in [-0.3, -0.25) is 10.1 Å². The van der Waals surface area contributed by atoms with E-state index in [1.807, 2.05) is 0 Å². The monoisotopic (exact) mass is 355 g/mol. The number of alkyl halides is 1. The summed E-state index contributed by atoms with van der Waals surface area (Å²) in [5, 5.41) is 11.2. The Morgan fingerprint density at radius 1 is 1.19 bits per heavy atom. The second-order valence-electron chi connectivity index (χ2n) is 4.08. The fourth-order valence-corrected chi connectivity index (χ4v) is 2.17. The molecule has 0 amide bonds. The third kappa shape index (κ3) is 3.49. The topological polar surface area (TPSA) is 61.6 Å². The van der Waals surface area contributed by atoms with E-state index < -0.39 is 4.92 Å². The summed E-state index contributed by atoms with van der Waals surface area (Å²) in [4.78, 5) is 10.3. The van der Waals surface area contributed by atoms with Crippen LogP contribution in [0.1, 0.15) is 5.56 Å². The van der Waals surface area contributed by atoms with E-state index in [0.29, 0.717) is 22.4 Å². The summed E-state index contributed by atoms with van der Waals surface area (Å²) in [7, 11) is 1.43. The quantitative estimate of drug-likeness (QED) is 0.452. The van der Waals surface area contributed by atoms with Gasteiger partial charge in [0.15, 0.2) is 11.5 Å². The maximum absolute atomic E-state index is 13.2. The molecule has 0 aliphatic rings. The van der Waals surface area contributed by atoms with Crippen molar-refractivity contribution in [3.05, 3.63) is 57.9 Å². The van der Waals surface area contributed by atoms with E-state index in [1.54, 1.807) is 0 Å². The zero-order valence-electron chi connectivity index (χ0n) is 11.0. The summed E-state index contributed by atoms with van der Waals surface area (Å²) in [6, 6.07) is 8.08. The van der Waals surface area contributed by atoms with E-state index in [4.69, 9.17) is 9.47 Å². The number of hydrogen-bond acceptors (Lipinski definition) is 4. The van der Waals surface area contributed by atoms with Gasteiger partial charge in [-0.15, -0.1) is 0 Å². The standard InChI is InChI=1S/C14H11BrFNO4/c1-20-13-5-3-11(17(18)19)7-14(13)21-12-4-2-10(16)6-9(12)8-15/h2-7H,8H2,1H3. The van der Waals surface area contributed by atoms with Crippen LogP contribution in [0.25, 0.3) is 0 Å². The lowest BCUT2D eigenvalue weighted by Gasteiger charge is -2.12. The summed E-state index contributed by atoms with van der Waals surface area (Å²) in [6.45, 7) is 0. The first kappa shape index (κ1) is 15.2. The fraction of sp³-hybridized carbons (Fsp3) is 0.143. The Kier molecular flexibility index (Phi) is 4.74. The summed E-state index contributed by atoms with van der Waals surface area (Å²) in [5.41, 5.74) is 0.469. The zero-order valence-corrected chi connectivity index (χ0v) is 12.6. The van der Waals surface area contributed by atoms with Gasteiger partial charge in [-0.1, -0.05) is 15.9 Å². The molecule has 5 nitrogen and oxygen atoms in total. The van der Waals surface area contributed by atoms with Crippen molar-refractivity contribution in [2.75, 3.05) is 7.11 Å². The molecule has 0 saturated heterocycles. The highest BCUT2D eigenvalue weighted by Crippen LogP contribution is 2.36. The molecule has 2 aromatic rings. The molecule has 0 aromatic heterocycles. The molecule has 21 heavy (non-hydrogen) atoms. The molecule has 0 saturated carbocycles. The average molecular weight is 356 g/mol. The van der Waals surface area contributed by atoms with Crippen LogP contribution in [-0.4, -0.2) is 12.0 Å². The summed E-state index contributed by atoms with van der Waals surface area (Å²) in [6.07, 6.45) is 0. The Bertz CT molecular complexity index is 678. The lowest BCUT2D eigenvalue weighted by Crippen LogP contribution is -1.95. The van der Waals surface area contributed by atoms with Crippen molar-refractivity contribution >= 4 is 21.6 Å². The normalized spacial score (nSPS) is 10.2. The van der Waals surface area contributed by atoms with Crippen LogP contribution in [0.3, 0.4) is 0 Å². The van der Waals surface area contributed by atoms with Gasteiger partial charge in [-0.25, -0.2) is 4.39 Å². The van der Waals surface area contributed by atoms with Crippen molar-refractivity contribution in [2.45, 2.75) is 5.33 Å². The zero-order chi connectivity index (χ0) is 15.4. The predicted octanol–water partition coefficient (Wildman–Crippen LogP) is 4.43. The number of non-ortho nitro benzene ring substituents is 1. The lowest BCUT2D eigenvalue weighted by molar-refractivity contribution is -0.384. The summed E-state index contributed by atoms with van der Waals surface area (Å²) < 4.78 is 24.0. The van der Waals surface area contributed by atoms with E-state index in [0.717, 1.165) is 0 Å². The lowest BCUT2D eigenvalue weighted by atomic mass is 10.2. The fourth-order valence-electron chi connectivity index (χ4n) is 1.73. The number of ether oxygens (including phenoxy) is 2. The number of hydrogen-bond donors (Lipinski definition) is 0. The number of rotatable bonds is 5. The Hall–Kier alpha value is -2.15. The van der Waals surface area contributed by atoms with Crippen LogP contribution in [-0.2, 0) is 5.33 Å². The van der Waals surface area contributed by atoms with Gasteiger partial charge >= 0.3 is 0 Å². The van der Waals surface area contributed by atoms with Crippen LogP contribution < -0.4 is 9.47 Å². The third-order valence-corrected chi connectivity index (χ3v) is 3.35. The van der Waals surface area contributed by atoms with E-state index in [-0.39, 0.29) is 17.3 Å². The first-order valence-corrected chi connectivity index (χ1v) is 7.02. The van der Waals surface area contributed by atoms with E-state index in [1.165, 1.54) is 43.5 Å². The largest absolute Gasteiger partial charge is 0.493 e. The van der Waals surface area contributed by atoms with Crippen LogP contribution in [0.4, 0.5) is 10.1 Å². The minimum atomic E-state index is -0.525. The van der Waals surface area contributed by atoms with Crippen LogP contribution in [0.2, 0.25) is 0 Å². The maximum atomic E-state index is 13.2. The average Bonchev–Trinajstić information content (AvgIpc) is 2.48. The number of nitrogens with zero attached hydrogens (tertiary/aromatic N) is 1. The number of nitro benzene ring substituents is 1. The maximum Gasteiger partial charge on any atom is 0.273 e. The SMILES string of the molecule is COc1ccc([N+](=O)[O-])cc1Oc1ccc(F)cc1CBr. The molecule has 2 rings (SSSR count). The van der Waals surface area contributed by atoms with E-state index in [9.17, 15) is 14.5 Å². The highest BCUT2D eigenvalue weighted by Gasteiger charge is 2.15. The predicted molar refractivity (Wildman–Crippen MR) is 78.8 cm³/mol. The van der Waals surface area contributed by atoms with Gasteiger partial charge in [0.1, 0.15) is 11.6 Å². The molecular formula is C14H11BrFNO4. The molecule has 0 fully saturated rings. The minimum absolute atomic E-state index is 0.117. The van der Waals surface area contributed by atoms with Gasteiger partial charge in [0.2, 0.25) is 0 Å². The van der Waals surface area contributed by atoms with Crippen molar-refractivity contribution in [2.24, 2.45) is 0 Å². The van der Waals surface area contributed by atoms with Crippen molar-refractivity contribution < 1.29 is 18.8 Å². The molecule has 0 spiro atoms. The molecule has 0 unspecified atom stereocenters. The van der Waals surface area contributed by atoms with Crippen molar-refractivity contribution in [3.63, 3.8) is 0 Å². The Labute approximate surface area is 128 Å². The van der Waals surface area contributed by atoms with E-state index >= 15 is 0 Å². The van der Waals surface area contributed by atoms with Gasteiger partial charge in [0.05, 0.1) is 18.1 Å². The van der Waals surface area contributed by atoms with Gasteiger partial charge in [0, 0.05) is 17.0 Å². The Balaban J connectivity index is 2.42. The molecule has 0 heterocycles. The Morgan fingerprint density at radius 2 is 1.90 bits per heavy atom. The van der Waals surface area contributed by atoms with Crippen LogP contribution >= 0.6 is 15.9 Å². The van der Waals surface area contributed by atoms with Crippen LogP contribution in [0, 0.1) is 15.9 Å². The molecule has 0 aliphatic heterocycles. The summed E-state index contributed by atoms with van der Waals surface area (Å²) in [5.74, 6) is 0.556. The molecule has 7 heteroatoms. The van der Waals surface area contributed by atoms with Gasteiger partial charge in [-0.05, 0) is 24.3 Å². The highest BCUT2D eigenvalue weighted by atomic mass is 79.9. The second kappa shape index (κ2) is 6.53.